The number of ether oxygens (including phenoxy) is 1. The molecule has 1 aromatic heterocycles. The largest absolute Gasteiger partial charge is 0.467 e. The zero-order valence-electron chi connectivity index (χ0n) is 18.1. The van der Waals surface area contributed by atoms with Gasteiger partial charge in [0.15, 0.2) is 5.96 Å². The number of benzene rings is 1. The molecule has 0 bridgehead atoms. The minimum absolute atomic E-state index is 0. The molecule has 0 radical (unpaired) electrons. The highest BCUT2D eigenvalue weighted by Gasteiger charge is 2.20. The Hall–Kier alpha value is -2.07. The summed E-state index contributed by atoms with van der Waals surface area (Å²) < 4.78 is 10.9. The quantitative estimate of drug-likeness (QED) is 0.197. The standard InChI is InChI=1S/C23H32N4O3.HI/c1-2-24-23(25-12-7-14-29-18-21-10-6-15-30-21)26-16-19-8-3-4-9-20(19)17-27-13-5-11-22(27)28;/h3-4,6,8-10,15H,2,5,7,11-14,16-18H2,1H3,(H2,24,25,26);1H. The Labute approximate surface area is 201 Å². The number of guanidine groups is 1. The summed E-state index contributed by atoms with van der Waals surface area (Å²) in [5.41, 5.74) is 2.31. The Morgan fingerprint density at radius 2 is 2.03 bits per heavy atom. The van der Waals surface area contributed by atoms with Crippen LogP contribution in [0.4, 0.5) is 0 Å². The SMILES string of the molecule is CCNC(=NCc1ccccc1CN1CCCC1=O)NCCCOCc1ccco1.I. The third kappa shape index (κ3) is 8.53. The number of carbonyl (C=O) groups is 1. The van der Waals surface area contributed by atoms with Gasteiger partial charge < -0.3 is 24.7 Å². The molecule has 0 saturated carbocycles. The minimum atomic E-state index is 0. The third-order valence-corrected chi connectivity index (χ3v) is 4.99. The maximum absolute atomic E-state index is 12.0. The van der Waals surface area contributed by atoms with E-state index in [9.17, 15) is 4.79 Å². The Morgan fingerprint density at radius 3 is 2.74 bits per heavy atom. The van der Waals surface area contributed by atoms with Crippen molar-refractivity contribution in [3.8, 4) is 0 Å². The Morgan fingerprint density at radius 1 is 1.19 bits per heavy atom. The van der Waals surface area contributed by atoms with Gasteiger partial charge in [-0.1, -0.05) is 24.3 Å². The summed E-state index contributed by atoms with van der Waals surface area (Å²) in [6, 6.07) is 12.0. The lowest BCUT2D eigenvalue weighted by Gasteiger charge is -2.18. The molecule has 0 spiro atoms. The lowest BCUT2D eigenvalue weighted by Crippen LogP contribution is -2.38. The number of nitrogens with one attached hydrogen (secondary N) is 2. The van der Waals surface area contributed by atoms with Gasteiger partial charge in [-0.15, -0.1) is 24.0 Å². The smallest absolute Gasteiger partial charge is 0.222 e. The first-order valence-corrected chi connectivity index (χ1v) is 10.7. The van der Waals surface area contributed by atoms with E-state index in [2.05, 4.69) is 29.7 Å². The topological polar surface area (TPSA) is 79.1 Å². The molecule has 2 aromatic rings. The first kappa shape index (κ1) is 25.2. The lowest BCUT2D eigenvalue weighted by molar-refractivity contribution is -0.128. The van der Waals surface area contributed by atoms with Crippen LogP contribution >= 0.6 is 24.0 Å². The number of halogens is 1. The van der Waals surface area contributed by atoms with Crippen molar-refractivity contribution in [3.05, 3.63) is 59.5 Å². The van der Waals surface area contributed by atoms with Crippen LogP contribution < -0.4 is 10.6 Å². The van der Waals surface area contributed by atoms with Crippen molar-refractivity contribution >= 4 is 35.8 Å². The number of hydrogen-bond acceptors (Lipinski definition) is 4. The predicted molar refractivity (Wildman–Crippen MR) is 132 cm³/mol. The summed E-state index contributed by atoms with van der Waals surface area (Å²) >= 11 is 0. The molecule has 8 heteroatoms. The van der Waals surface area contributed by atoms with Crippen LogP contribution in [0, 0.1) is 0 Å². The average Bonchev–Trinajstić information content (AvgIpc) is 3.41. The molecule has 1 amide bonds. The van der Waals surface area contributed by atoms with Gasteiger partial charge in [-0.05, 0) is 43.0 Å². The van der Waals surface area contributed by atoms with Gasteiger partial charge in [-0.3, -0.25) is 4.79 Å². The Balaban J connectivity index is 0.00000341. The van der Waals surface area contributed by atoms with Crippen LogP contribution in [-0.4, -0.2) is 43.0 Å². The van der Waals surface area contributed by atoms with Gasteiger partial charge in [0.05, 0.1) is 12.8 Å². The van der Waals surface area contributed by atoms with E-state index in [0.29, 0.717) is 32.7 Å². The number of nitrogens with zero attached hydrogens (tertiary/aromatic N) is 2. The highest BCUT2D eigenvalue weighted by Crippen LogP contribution is 2.17. The molecular formula is C23H33IN4O3. The molecule has 170 valence electrons. The van der Waals surface area contributed by atoms with E-state index in [1.807, 2.05) is 29.2 Å². The number of aliphatic imine (C=N–C) groups is 1. The van der Waals surface area contributed by atoms with Crippen molar-refractivity contribution in [2.24, 2.45) is 4.99 Å². The molecule has 0 aliphatic carbocycles. The van der Waals surface area contributed by atoms with Gasteiger partial charge >= 0.3 is 0 Å². The monoisotopic (exact) mass is 540 g/mol. The van der Waals surface area contributed by atoms with E-state index in [0.717, 1.165) is 49.8 Å². The van der Waals surface area contributed by atoms with E-state index in [1.54, 1.807) is 6.26 Å². The number of hydrogen-bond donors (Lipinski definition) is 2. The van der Waals surface area contributed by atoms with Crippen molar-refractivity contribution in [1.29, 1.82) is 0 Å². The maximum atomic E-state index is 12.0. The van der Waals surface area contributed by atoms with E-state index in [4.69, 9.17) is 14.1 Å². The highest BCUT2D eigenvalue weighted by molar-refractivity contribution is 14.0. The van der Waals surface area contributed by atoms with Gasteiger partial charge in [0.2, 0.25) is 5.91 Å². The molecule has 1 aromatic carbocycles. The van der Waals surface area contributed by atoms with Gasteiger partial charge in [0.25, 0.3) is 0 Å². The molecule has 1 aliphatic heterocycles. The predicted octanol–water partition coefficient (Wildman–Crippen LogP) is 3.68. The van der Waals surface area contributed by atoms with Crippen LogP contribution in [0.1, 0.15) is 43.1 Å². The van der Waals surface area contributed by atoms with E-state index in [-0.39, 0.29) is 29.9 Å². The van der Waals surface area contributed by atoms with Gasteiger partial charge in [0, 0.05) is 39.2 Å². The second-order valence-corrected chi connectivity index (χ2v) is 7.30. The first-order chi connectivity index (χ1) is 14.8. The van der Waals surface area contributed by atoms with E-state index >= 15 is 0 Å². The van der Waals surface area contributed by atoms with Crippen molar-refractivity contribution in [2.75, 3.05) is 26.2 Å². The number of furan rings is 1. The van der Waals surface area contributed by atoms with Gasteiger partial charge in [0.1, 0.15) is 12.4 Å². The Kier molecular flexibility index (Phi) is 11.4. The van der Waals surface area contributed by atoms with E-state index < -0.39 is 0 Å². The first-order valence-electron chi connectivity index (χ1n) is 10.7. The summed E-state index contributed by atoms with van der Waals surface area (Å²) in [5.74, 6) is 1.88. The molecule has 1 saturated heterocycles. The van der Waals surface area contributed by atoms with Crippen LogP contribution in [0.3, 0.4) is 0 Å². The van der Waals surface area contributed by atoms with Crippen molar-refractivity contribution in [3.63, 3.8) is 0 Å². The Bertz CT molecular complexity index is 811. The molecule has 1 fully saturated rings. The van der Waals surface area contributed by atoms with Crippen LogP contribution in [0.15, 0.2) is 52.1 Å². The number of rotatable bonds is 11. The van der Waals surface area contributed by atoms with Crippen molar-refractivity contribution in [1.82, 2.24) is 15.5 Å². The fourth-order valence-electron chi connectivity index (χ4n) is 3.40. The lowest BCUT2D eigenvalue weighted by atomic mass is 10.1. The van der Waals surface area contributed by atoms with Crippen LogP contribution in [-0.2, 0) is 29.2 Å². The summed E-state index contributed by atoms with van der Waals surface area (Å²) in [6.07, 6.45) is 4.15. The number of amides is 1. The minimum Gasteiger partial charge on any atom is -0.467 e. The fraction of sp³-hybridized carbons (Fsp3) is 0.478. The molecule has 0 atom stereocenters. The van der Waals surface area contributed by atoms with Crippen molar-refractivity contribution < 1.29 is 13.9 Å². The molecular weight excluding hydrogens is 507 g/mol. The normalized spacial score (nSPS) is 13.9. The van der Waals surface area contributed by atoms with Crippen LogP contribution in [0.5, 0.6) is 0 Å². The molecule has 2 heterocycles. The third-order valence-electron chi connectivity index (χ3n) is 4.99. The van der Waals surface area contributed by atoms with Crippen LogP contribution in [0.2, 0.25) is 0 Å². The second-order valence-electron chi connectivity index (χ2n) is 7.30. The van der Waals surface area contributed by atoms with Gasteiger partial charge in [-0.25, -0.2) is 4.99 Å². The number of carbonyl (C=O) groups excluding carboxylic acids is 1. The van der Waals surface area contributed by atoms with Crippen LogP contribution in [0.25, 0.3) is 0 Å². The molecule has 1 aliphatic rings. The van der Waals surface area contributed by atoms with E-state index in [1.165, 1.54) is 5.56 Å². The summed E-state index contributed by atoms with van der Waals surface area (Å²) in [5, 5.41) is 6.64. The fourth-order valence-corrected chi connectivity index (χ4v) is 3.40. The molecule has 31 heavy (non-hydrogen) atoms. The molecule has 2 N–H and O–H groups in total. The maximum Gasteiger partial charge on any atom is 0.222 e. The summed E-state index contributed by atoms with van der Waals surface area (Å²) in [6.45, 7) is 6.86. The highest BCUT2D eigenvalue weighted by atomic mass is 127. The molecule has 3 rings (SSSR count). The average molecular weight is 540 g/mol. The zero-order valence-corrected chi connectivity index (χ0v) is 20.5. The summed E-state index contributed by atoms with van der Waals surface area (Å²) in [4.78, 5) is 18.6. The second kappa shape index (κ2) is 14.1. The zero-order chi connectivity index (χ0) is 21.0. The molecule has 0 unspecified atom stereocenters. The summed E-state index contributed by atoms with van der Waals surface area (Å²) in [7, 11) is 0. The van der Waals surface area contributed by atoms with Gasteiger partial charge in [-0.2, -0.15) is 0 Å². The number of likely N-dealkylation sites (tertiary alicyclic amines) is 1. The van der Waals surface area contributed by atoms with Crippen molar-refractivity contribution in [2.45, 2.75) is 45.9 Å². The molecule has 7 nitrogen and oxygen atoms in total.